The predicted octanol–water partition coefficient (Wildman–Crippen LogP) is 1.52. The molecule has 0 amide bonds. The second-order valence-electron chi connectivity index (χ2n) is 2.08. The van der Waals surface area contributed by atoms with Gasteiger partial charge in [0.1, 0.15) is 6.29 Å². The van der Waals surface area contributed by atoms with E-state index in [9.17, 15) is 4.79 Å². The monoisotopic (exact) mass is 127 g/mol. The van der Waals surface area contributed by atoms with Crippen molar-refractivity contribution >= 4 is 6.29 Å². The third kappa shape index (κ3) is 2.72. The van der Waals surface area contributed by atoms with E-state index in [1.807, 2.05) is 13.8 Å². The average Bonchev–Trinajstić information content (AvgIpc) is 1.82. The quantitative estimate of drug-likeness (QED) is 0.245. The summed E-state index contributed by atoms with van der Waals surface area (Å²) in [7, 11) is 0. The molecule has 1 unspecified atom stereocenters. The van der Waals surface area contributed by atoms with Crippen LogP contribution in [0.15, 0.2) is 5.11 Å². The highest BCUT2D eigenvalue weighted by Gasteiger charge is 2.07. The lowest BCUT2D eigenvalue weighted by molar-refractivity contribution is -0.109. The first-order chi connectivity index (χ1) is 4.22. The van der Waals surface area contributed by atoms with Gasteiger partial charge in [0.25, 0.3) is 0 Å². The lowest BCUT2D eigenvalue weighted by Gasteiger charge is -2.04. The molecule has 0 aromatic rings. The van der Waals surface area contributed by atoms with Crippen LogP contribution in [0.4, 0.5) is 0 Å². The summed E-state index contributed by atoms with van der Waals surface area (Å²) in [4.78, 5) is 12.6. The van der Waals surface area contributed by atoms with E-state index in [0.717, 1.165) is 0 Å². The molecular weight excluding hydrogens is 118 g/mol. The molecule has 4 heteroatoms. The molecule has 0 saturated carbocycles. The minimum atomic E-state index is -0.505. The topological polar surface area (TPSA) is 65.8 Å². The smallest absolute Gasteiger partial charge is 0.129 e. The van der Waals surface area contributed by atoms with Crippen molar-refractivity contribution < 1.29 is 4.79 Å². The number of hydrogen-bond acceptors (Lipinski definition) is 2. The van der Waals surface area contributed by atoms with Crippen LogP contribution in [0.1, 0.15) is 13.8 Å². The molecule has 0 fully saturated rings. The van der Waals surface area contributed by atoms with Crippen molar-refractivity contribution in [3.8, 4) is 0 Å². The summed E-state index contributed by atoms with van der Waals surface area (Å²) in [6, 6.07) is -0.505. The highest BCUT2D eigenvalue weighted by atomic mass is 16.1. The third-order valence-corrected chi connectivity index (χ3v) is 1.01. The fourth-order valence-electron chi connectivity index (χ4n) is 0.377. The maximum atomic E-state index is 10.1. The van der Waals surface area contributed by atoms with Gasteiger partial charge in [0.2, 0.25) is 0 Å². The first-order valence-corrected chi connectivity index (χ1v) is 2.72. The summed E-state index contributed by atoms with van der Waals surface area (Å²) in [5.41, 5.74) is 7.92. The summed E-state index contributed by atoms with van der Waals surface area (Å²) in [5, 5.41) is 3.25. The van der Waals surface area contributed by atoms with E-state index < -0.39 is 6.04 Å². The van der Waals surface area contributed by atoms with Crippen LogP contribution >= 0.6 is 0 Å². The zero-order chi connectivity index (χ0) is 7.28. The minimum Gasteiger partial charge on any atom is -0.303 e. The molecule has 0 heterocycles. The lowest BCUT2D eigenvalue weighted by Crippen LogP contribution is -2.12. The van der Waals surface area contributed by atoms with E-state index >= 15 is 0 Å². The molecule has 0 aliphatic carbocycles. The fourth-order valence-corrected chi connectivity index (χ4v) is 0.377. The Hall–Kier alpha value is -1.02. The van der Waals surface area contributed by atoms with E-state index in [2.05, 4.69) is 10.0 Å². The Bertz CT molecular complexity index is 137. The standard InChI is InChI=1S/C5H9N3O/c1-4(2)5(3-9)7-8-6/h3-5H,1-2H3. The van der Waals surface area contributed by atoms with Crippen molar-refractivity contribution in [2.24, 2.45) is 11.0 Å². The van der Waals surface area contributed by atoms with Gasteiger partial charge in [0.05, 0.1) is 6.04 Å². The van der Waals surface area contributed by atoms with Crippen molar-refractivity contribution in [2.45, 2.75) is 19.9 Å². The maximum Gasteiger partial charge on any atom is 0.129 e. The van der Waals surface area contributed by atoms with Gasteiger partial charge in [-0.3, -0.25) is 0 Å². The zero-order valence-corrected chi connectivity index (χ0v) is 5.48. The summed E-state index contributed by atoms with van der Waals surface area (Å²) < 4.78 is 0. The second kappa shape index (κ2) is 3.92. The number of rotatable bonds is 3. The first-order valence-electron chi connectivity index (χ1n) is 2.72. The van der Waals surface area contributed by atoms with Gasteiger partial charge in [-0.15, -0.1) is 0 Å². The lowest BCUT2D eigenvalue weighted by atomic mass is 10.1. The summed E-state index contributed by atoms with van der Waals surface area (Å²) in [5.74, 6) is 0.0957. The molecule has 4 nitrogen and oxygen atoms in total. The van der Waals surface area contributed by atoms with Gasteiger partial charge >= 0.3 is 0 Å². The van der Waals surface area contributed by atoms with Crippen LogP contribution in [-0.2, 0) is 4.79 Å². The Kier molecular flexibility index (Phi) is 3.48. The van der Waals surface area contributed by atoms with Crippen LogP contribution in [0.2, 0.25) is 0 Å². The van der Waals surface area contributed by atoms with Gasteiger partial charge < -0.3 is 4.79 Å². The molecule has 1 atom stereocenters. The Morgan fingerprint density at radius 1 is 1.67 bits per heavy atom. The molecule has 0 bridgehead atoms. The Morgan fingerprint density at radius 3 is 2.33 bits per heavy atom. The van der Waals surface area contributed by atoms with E-state index in [-0.39, 0.29) is 5.92 Å². The number of aldehydes is 1. The summed E-state index contributed by atoms with van der Waals surface area (Å²) in [6.07, 6.45) is 0.657. The Labute approximate surface area is 53.5 Å². The van der Waals surface area contributed by atoms with Crippen LogP contribution in [0.3, 0.4) is 0 Å². The van der Waals surface area contributed by atoms with Crippen LogP contribution in [-0.4, -0.2) is 12.3 Å². The van der Waals surface area contributed by atoms with Gasteiger partial charge in [-0.2, -0.15) is 0 Å². The molecule has 0 radical (unpaired) electrons. The van der Waals surface area contributed by atoms with E-state index in [0.29, 0.717) is 6.29 Å². The number of carbonyl (C=O) groups excluding carboxylic acids is 1. The van der Waals surface area contributed by atoms with Crippen LogP contribution < -0.4 is 0 Å². The van der Waals surface area contributed by atoms with Gasteiger partial charge in [0.15, 0.2) is 0 Å². The molecule has 9 heavy (non-hydrogen) atoms. The largest absolute Gasteiger partial charge is 0.303 e. The fraction of sp³-hybridized carbons (Fsp3) is 0.800. The molecule has 0 rings (SSSR count). The number of nitrogens with zero attached hydrogens (tertiary/aromatic N) is 3. The van der Waals surface area contributed by atoms with Crippen LogP contribution in [0, 0.1) is 5.92 Å². The number of carbonyl (C=O) groups is 1. The van der Waals surface area contributed by atoms with Crippen molar-refractivity contribution in [1.29, 1.82) is 0 Å². The third-order valence-electron chi connectivity index (χ3n) is 1.01. The van der Waals surface area contributed by atoms with Gasteiger partial charge in [-0.05, 0) is 11.4 Å². The van der Waals surface area contributed by atoms with E-state index in [4.69, 9.17) is 5.53 Å². The van der Waals surface area contributed by atoms with Gasteiger partial charge in [-0.25, -0.2) is 0 Å². The Balaban J connectivity index is 3.97. The molecule has 0 aliphatic heterocycles. The number of hydrogen-bond donors (Lipinski definition) is 0. The molecular formula is C5H9N3O. The molecule has 0 aromatic heterocycles. The molecule has 0 aromatic carbocycles. The molecule has 0 aliphatic rings. The van der Waals surface area contributed by atoms with E-state index in [1.165, 1.54) is 0 Å². The summed E-state index contributed by atoms with van der Waals surface area (Å²) >= 11 is 0. The summed E-state index contributed by atoms with van der Waals surface area (Å²) in [6.45, 7) is 3.65. The maximum absolute atomic E-state index is 10.1. The van der Waals surface area contributed by atoms with Crippen molar-refractivity contribution in [1.82, 2.24) is 0 Å². The zero-order valence-electron chi connectivity index (χ0n) is 5.48. The Morgan fingerprint density at radius 2 is 2.22 bits per heavy atom. The highest BCUT2D eigenvalue weighted by Crippen LogP contribution is 2.02. The molecule has 0 N–H and O–H groups in total. The first kappa shape index (κ1) is 7.98. The predicted molar refractivity (Wildman–Crippen MR) is 33.8 cm³/mol. The van der Waals surface area contributed by atoms with E-state index in [1.54, 1.807) is 0 Å². The minimum absolute atomic E-state index is 0.0957. The molecule has 0 saturated heterocycles. The average molecular weight is 127 g/mol. The van der Waals surface area contributed by atoms with Crippen LogP contribution in [0.5, 0.6) is 0 Å². The van der Waals surface area contributed by atoms with Crippen molar-refractivity contribution in [3.63, 3.8) is 0 Å². The van der Waals surface area contributed by atoms with Crippen molar-refractivity contribution in [3.05, 3.63) is 10.4 Å². The van der Waals surface area contributed by atoms with Gasteiger partial charge in [0, 0.05) is 4.91 Å². The number of azide groups is 1. The molecule has 50 valence electrons. The van der Waals surface area contributed by atoms with Gasteiger partial charge in [-0.1, -0.05) is 19.0 Å². The second-order valence-corrected chi connectivity index (χ2v) is 2.08. The molecule has 0 spiro atoms. The van der Waals surface area contributed by atoms with Crippen LogP contribution in [0.25, 0.3) is 10.4 Å². The highest BCUT2D eigenvalue weighted by molar-refractivity contribution is 5.58. The van der Waals surface area contributed by atoms with Crippen molar-refractivity contribution in [2.75, 3.05) is 0 Å². The SMILES string of the molecule is CC(C)C(C=O)N=[N+]=[N-]. The normalized spacial score (nSPS) is 12.3.